The molecule has 0 aromatic heterocycles. The number of aryl methyl sites for hydroxylation is 1. The third kappa shape index (κ3) is 3.67. The van der Waals surface area contributed by atoms with Crippen molar-refractivity contribution in [3.8, 4) is 6.07 Å². The van der Waals surface area contributed by atoms with Crippen molar-refractivity contribution < 1.29 is 4.79 Å². The minimum absolute atomic E-state index is 0.0869. The molecule has 0 amide bonds. The first-order valence-corrected chi connectivity index (χ1v) is 7.12. The van der Waals surface area contributed by atoms with E-state index in [0.29, 0.717) is 25.0 Å². The summed E-state index contributed by atoms with van der Waals surface area (Å²) in [5.41, 5.74) is 2.36. The van der Waals surface area contributed by atoms with E-state index in [2.05, 4.69) is 37.3 Å². The summed E-state index contributed by atoms with van der Waals surface area (Å²) in [7, 11) is 0. The first-order chi connectivity index (χ1) is 9.16. The largest absolute Gasteiger partial charge is 0.300 e. The fraction of sp³-hybridized carbons (Fsp3) is 0.529. The summed E-state index contributed by atoms with van der Waals surface area (Å²) in [6.07, 6.45) is 3.40. The Morgan fingerprint density at radius 1 is 1.16 bits per heavy atom. The second-order valence-electron chi connectivity index (χ2n) is 5.02. The van der Waals surface area contributed by atoms with Gasteiger partial charge in [0.05, 0.1) is 6.07 Å². The number of ketones is 1. The van der Waals surface area contributed by atoms with E-state index < -0.39 is 0 Å². The highest BCUT2D eigenvalue weighted by atomic mass is 16.1. The molecule has 0 heterocycles. The number of carbonyl (C=O) groups excluding carboxylic acids is 1. The highest BCUT2D eigenvalue weighted by molar-refractivity contribution is 5.79. The lowest BCUT2D eigenvalue weighted by Gasteiger charge is -2.35. The van der Waals surface area contributed by atoms with E-state index in [0.717, 1.165) is 12.8 Å². The van der Waals surface area contributed by atoms with Crippen molar-refractivity contribution in [1.82, 2.24) is 0 Å². The van der Waals surface area contributed by atoms with Gasteiger partial charge in [0.25, 0.3) is 0 Å². The first-order valence-electron chi connectivity index (χ1n) is 7.12. The molecule has 2 heteroatoms. The second kappa shape index (κ2) is 7.09. The zero-order valence-electron chi connectivity index (χ0n) is 12.2. The van der Waals surface area contributed by atoms with Crippen LogP contribution in [-0.2, 0) is 10.2 Å². The summed E-state index contributed by atoms with van der Waals surface area (Å²) in [5.74, 6) is 0.339. The Morgan fingerprint density at radius 2 is 1.68 bits per heavy atom. The average Bonchev–Trinajstić information content (AvgIpc) is 2.45. The zero-order valence-corrected chi connectivity index (χ0v) is 12.2. The summed E-state index contributed by atoms with van der Waals surface area (Å²) in [4.78, 5) is 11.4. The number of carbonyl (C=O) groups is 1. The molecule has 1 saturated carbocycles. The van der Waals surface area contributed by atoms with E-state index >= 15 is 0 Å². The van der Waals surface area contributed by atoms with Crippen LogP contribution in [0.15, 0.2) is 24.3 Å². The van der Waals surface area contributed by atoms with Crippen molar-refractivity contribution in [2.24, 2.45) is 0 Å². The standard InChI is InChI=1S/C15H17NO.C2H6/c1-12-2-4-13(5-3-12)15(10-11-16)8-6-14(17)7-9-15;1-2/h2-5H,6-10H2,1H3;1-2H3. The van der Waals surface area contributed by atoms with Gasteiger partial charge in [-0.1, -0.05) is 43.7 Å². The van der Waals surface area contributed by atoms with Crippen molar-refractivity contribution in [2.45, 2.75) is 58.3 Å². The van der Waals surface area contributed by atoms with Crippen LogP contribution in [0.25, 0.3) is 0 Å². The van der Waals surface area contributed by atoms with Crippen LogP contribution >= 0.6 is 0 Å². The van der Waals surface area contributed by atoms with Gasteiger partial charge in [0.1, 0.15) is 5.78 Å². The van der Waals surface area contributed by atoms with E-state index in [1.807, 2.05) is 13.8 Å². The number of hydrogen-bond acceptors (Lipinski definition) is 2. The molecular formula is C17H23NO. The first kappa shape index (κ1) is 15.4. The molecular weight excluding hydrogens is 234 g/mol. The summed E-state index contributed by atoms with van der Waals surface area (Å²) in [5, 5.41) is 9.03. The molecule has 2 nitrogen and oxygen atoms in total. The molecule has 1 aliphatic carbocycles. The van der Waals surface area contributed by atoms with Gasteiger partial charge in [-0.15, -0.1) is 0 Å². The predicted octanol–water partition coefficient (Wildman–Crippen LogP) is 4.32. The van der Waals surface area contributed by atoms with Gasteiger partial charge in [-0.05, 0) is 25.3 Å². The molecule has 1 aromatic carbocycles. The fourth-order valence-electron chi connectivity index (χ4n) is 2.63. The Hall–Kier alpha value is -1.62. The van der Waals surface area contributed by atoms with Crippen LogP contribution in [-0.4, -0.2) is 5.78 Å². The molecule has 0 unspecified atom stereocenters. The number of hydrogen-bond donors (Lipinski definition) is 0. The van der Waals surface area contributed by atoms with E-state index in [1.54, 1.807) is 0 Å². The van der Waals surface area contributed by atoms with E-state index in [9.17, 15) is 4.79 Å². The average molecular weight is 257 g/mol. The van der Waals surface area contributed by atoms with Gasteiger partial charge in [-0.3, -0.25) is 4.79 Å². The van der Waals surface area contributed by atoms with Crippen LogP contribution in [0, 0.1) is 18.3 Å². The lowest BCUT2D eigenvalue weighted by Crippen LogP contribution is -2.31. The Morgan fingerprint density at radius 3 is 2.16 bits per heavy atom. The minimum atomic E-state index is -0.0869. The summed E-state index contributed by atoms with van der Waals surface area (Å²) in [6, 6.07) is 10.7. The molecule has 19 heavy (non-hydrogen) atoms. The number of Topliss-reactive ketones (excluding diaryl/α,β-unsaturated/α-hetero) is 1. The summed E-state index contributed by atoms with van der Waals surface area (Å²) in [6.45, 7) is 6.06. The van der Waals surface area contributed by atoms with Crippen LogP contribution in [0.5, 0.6) is 0 Å². The molecule has 1 fully saturated rings. The van der Waals surface area contributed by atoms with E-state index in [4.69, 9.17) is 5.26 Å². The third-order valence-electron chi connectivity index (χ3n) is 3.85. The fourth-order valence-corrected chi connectivity index (χ4v) is 2.63. The maximum atomic E-state index is 11.4. The van der Waals surface area contributed by atoms with Gasteiger partial charge in [0.2, 0.25) is 0 Å². The summed E-state index contributed by atoms with van der Waals surface area (Å²) < 4.78 is 0. The van der Waals surface area contributed by atoms with Crippen LogP contribution in [0.4, 0.5) is 0 Å². The van der Waals surface area contributed by atoms with Crippen molar-refractivity contribution in [2.75, 3.05) is 0 Å². The normalized spacial score (nSPS) is 17.1. The van der Waals surface area contributed by atoms with Crippen molar-refractivity contribution in [3.05, 3.63) is 35.4 Å². The number of rotatable bonds is 2. The molecule has 0 atom stereocenters. The topological polar surface area (TPSA) is 40.9 Å². The second-order valence-corrected chi connectivity index (χ2v) is 5.02. The van der Waals surface area contributed by atoms with Gasteiger partial charge < -0.3 is 0 Å². The summed E-state index contributed by atoms with van der Waals surface area (Å²) >= 11 is 0. The Balaban J connectivity index is 0.000000861. The zero-order chi connectivity index (χ0) is 14.3. The minimum Gasteiger partial charge on any atom is -0.300 e. The number of benzene rings is 1. The van der Waals surface area contributed by atoms with Crippen molar-refractivity contribution in [1.29, 1.82) is 5.26 Å². The van der Waals surface area contributed by atoms with Gasteiger partial charge in [-0.25, -0.2) is 0 Å². The van der Waals surface area contributed by atoms with Gasteiger partial charge >= 0.3 is 0 Å². The third-order valence-corrected chi connectivity index (χ3v) is 3.85. The molecule has 0 spiro atoms. The van der Waals surface area contributed by atoms with Crippen LogP contribution in [0.3, 0.4) is 0 Å². The van der Waals surface area contributed by atoms with E-state index in [-0.39, 0.29) is 5.41 Å². The smallest absolute Gasteiger partial charge is 0.132 e. The van der Waals surface area contributed by atoms with Crippen LogP contribution < -0.4 is 0 Å². The van der Waals surface area contributed by atoms with Gasteiger partial charge in [0, 0.05) is 24.7 Å². The number of nitriles is 1. The van der Waals surface area contributed by atoms with E-state index in [1.165, 1.54) is 11.1 Å². The Bertz CT molecular complexity index is 443. The van der Waals surface area contributed by atoms with Crippen molar-refractivity contribution >= 4 is 5.78 Å². The highest BCUT2D eigenvalue weighted by Crippen LogP contribution is 2.40. The lowest BCUT2D eigenvalue weighted by atomic mass is 9.67. The SMILES string of the molecule is CC.Cc1ccc(C2(CC#N)CCC(=O)CC2)cc1. The molecule has 2 rings (SSSR count). The maximum absolute atomic E-state index is 11.4. The molecule has 0 saturated heterocycles. The maximum Gasteiger partial charge on any atom is 0.132 e. The molecule has 102 valence electrons. The number of nitrogens with zero attached hydrogens (tertiary/aromatic N) is 1. The molecule has 1 aliphatic rings. The Kier molecular flexibility index (Phi) is 5.76. The molecule has 0 N–H and O–H groups in total. The monoisotopic (exact) mass is 257 g/mol. The van der Waals surface area contributed by atoms with Gasteiger partial charge in [0.15, 0.2) is 0 Å². The van der Waals surface area contributed by atoms with Crippen molar-refractivity contribution in [3.63, 3.8) is 0 Å². The molecule has 0 bridgehead atoms. The highest BCUT2D eigenvalue weighted by Gasteiger charge is 2.36. The molecule has 0 aliphatic heterocycles. The van der Waals surface area contributed by atoms with Crippen LogP contribution in [0.2, 0.25) is 0 Å². The molecule has 0 radical (unpaired) electrons. The van der Waals surface area contributed by atoms with Crippen LogP contribution in [0.1, 0.15) is 57.1 Å². The van der Waals surface area contributed by atoms with Gasteiger partial charge in [-0.2, -0.15) is 5.26 Å². The quantitative estimate of drug-likeness (QED) is 0.791. The molecule has 1 aromatic rings. The lowest BCUT2D eigenvalue weighted by molar-refractivity contribution is -0.121. The predicted molar refractivity (Wildman–Crippen MR) is 77.9 cm³/mol. The Labute approximate surface area is 116 Å².